The maximum atomic E-state index is 4.26. The average molecular weight is 269 g/mol. The number of para-hydroxylation sites is 1. The molecule has 1 aromatic carbocycles. The molecule has 1 heterocycles. The van der Waals surface area contributed by atoms with Crippen molar-refractivity contribution in [3.8, 4) is 5.69 Å². The van der Waals surface area contributed by atoms with Crippen molar-refractivity contribution < 1.29 is 0 Å². The maximum absolute atomic E-state index is 4.26. The highest BCUT2D eigenvalue weighted by Gasteiger charge is 2.07. The van der Waals surface area contributed by atoms with Crippen LogP contribution in [0.1, 0.15) is 43.7 Å². The lowest BCUT2D eigenvalue weighted by Crippen LogP contribution is -2.05. The van der Waals surface area contributed by atoms with E-state index in [2.05, 4.69) is 54.4 Å². The lowest BCUT2D eigenvalue weighted by Gasteiger charge is -2.09. The molecule has 2 aromatic rings. The van der Waals surface area contributed by atoms with Crippen LogP contribution in [0, 0.1) is 6.92 Å². The monoisotopic (exact) mass is 269 g/mol. The van der Waals surface area contributed by atoms with Gasteiger partial charge >= 0.3 is 0 Å². The summed E-state index contributed by atoms with van der Waals surface area (Å²) < 4.78 is 0. The predicted molar refractivity (Wildman–Crippen MR) is 83.1 cm³/mol. The molecule has 0 bridgehead atoms. The molecule has 0 radical (unpaired) electrons. The van der Waals surface area contributed by atoms with Gasteiger partial charge in [0.2, 0.25) is 0 Å². The van der Waals surface area contributed by atoms with Crippen LogP contribution in [0.5, 0.6) is 0 Å². The molecule has 0 spiro atoms. The van der Waals surface area contributed by atoms with Gasteiger partial charge in [0.15, 0.2) is 0 Å². The van der Waals surface area contributed by atoms with E-state index >= 15 is 0 Å². The van der Waals surface area contributed by atoms with Crippen molar-refractivity contribution in [2.75, 3.05) is 0 Å². The van der Waals surface area contributed by atoms with E-state index < -0.39 is 0 Å². The van der Waals surface area contributed by atoms with Crippen molar-refractivity contribution in [2.45, 2.75) is 46.0 Å². The molecular formula is C17H23N3. The van der Waals surface area contributed by atoms with E-state index in [-0.39, 0.29) is 0 Å². The molecule has 0 unspecified atom stereocenters. The highest BCUT2D eigenvalue weighted by molar-refractivity contribution is 5.46. The first kappa shape index (κ1) is 14.5. The molecular weight excluding hydrogens is 246 g/mol. The summed E-state index contributed by atoms with van der Waals surface area (Å²) in [5.74, 6) is 0. The quantitative estimate of drug-likeness (QED) is 0.555. The zero-order valence-electron chi connectivity index (χ0n) is 12.4. The van der Waals surface area contributed by atoms with Gasteiger partial charge < -0.3 is 0 Å². The van der Waals surface area contributed by atoms with E-state index in [1.165, 1.54) is 36.8 Å². The van der Waals surface area contributed by atoms with E-state index in [4.69, 9.17) is 0 Å². The molecule has 20 heavy (non-hydrogen) atoms. The van der Waals surface area contributed by atoms with Crippen molar-refractivity contribution in [1.82, 2.24) is 15.0 Å². The van der Waals surface area contributed by atoms with Gasteiger partial charge in [-0.1, -0.05) is 50.1 Å². The number of allylic oxidation sites excluding steroid dienone is 2. The fourth-order valence-electron chi connectivity index (χ4n) is 2.34. The third kappa shape index (κ3) is 3.80. The summed E-state index contributed by atoms with van der Waals surface area (Å²) >= 11 is 0. The number of benzene rings is 1. The van der Waals surface area contributed by atoms with Crippen LogP contribution in [0.4, 0.5) is 0 Å². The Kier molecular flexibility index (Phi) is 5.54. The summed E-state index contributed by atoms with van der Waals surface area (Å²) in [4.78, 5) is 1.72. The van der Waals surface area contributed by atoms with Gasteiger partial charge in [-0.2, -0.15) is 15.0 Å². The Morgan fingerprint density at radius 2 is 1.90 bits per heavy atom. The summed E-state index contributed by atoms with van der Waals surface area (Å²) in [6.45, 7) is 4.34. The first-order valence-electron chi connectivity index (χ1n) is 7.43. The molecule has 2 rings (SSSR count). The molecule has 0 amide bonds. The lowest BCUT2D eigenvalue weighted by atomic mass is 10.0. The van der Waals surface area contributed by atoms with Gasteiger partial charge in [0.25, 0.3) is 0 Å². The van der Waals surface area contributed by atoms with E-state index in [0.29, 0.717) is 0 Å². The van der Waals surface area contributed by atoms with Crippen LogP contribution in [0.15, 0.2) is 42.7 Å². The number of unbranched alkanes of at least 4 members (excludes halogenated alkanes) is 3. The molecule has 0 saturated carbocycles. The first-order valence-corrected chi connectivity index (χ1v) is 7.43. The second-order valence-electron chi connectivity index (χ2n) is 5.07. The van der Waals surface area contributed by atoms with Crippen molar-refractivity contribution in [1.29, 1.82) is 0 Å². The number of aromatic nitrogens is 3. The smallest absolute Gasteiger partial charge is 0.0920 e. The highest BCUT2D eigenvalue weighted by Crippen LogP contribution is 2.18. The largest absolute Gasteiger partial charge is 0.157 e. The first-order chi connectivity index (χ1) is 9.83. The molecule has 1 aromatic heterocycles. The fourth-order valence-corrected chi connectivity index (χ4v) is 2.34. The van der Waals surface area contributed by atoms with Crippen LogP contribution < -0.4 is 0 Å². The summed E-state index contributed by atoms with van der Waals surface area (Å²) in [5.41, 5.74) is 3.58. The predicted octanol–water partition coefficient (Wildman–Crippen LogP) is 4.25. The van der Waals surface area contributed by atoms with Gasteiger partial charge in [0, 0.05) is 0 Å². The second-order valence-corrected chi connectivity index (χ2v) is 5.07. The summed E-state index contributed by atoms with van der Waals surface area (Å²) in [5, 5.41) is 8.52. The van der Waals surface area contributed by atoms with E-state index in [0.717, 1.165) is 12.1 Å². The topological polar surface area (TPSA) is 30.7 Å². The Bertz CT molecular complexity index is 541. The zero-order chi connectivity index (χ0) is 14.2. The van der Waals surface area contributed by atoms with Crippen molar-refractivity contribution in [3.05, 3.63) is 53.9 Å². The third-order valence-electron chi connectivity index (χ3n) is 3.42. The minimum atomic E-state index is 0.935. The van der Waals surface area contributed by atoms with Crippen LogP contribution in [0.25, 0.3) is 5.69 Å². The maximum Gasteiger partial charge on any atom is 0.0920 e. The Balaban J connectivity index is 2.07. The van der Waals surface area contributed by atoms with Gasteiger partial charge in [0.1, 0.15) is 0 Å². The molecule has 0 aliphatic heterocycles. The van der Waals surface area contributed by atoms with Gasteiger partial charge in [-0.25, -0.2) is 0 Å². The number of aryl methyl sites for hydroxylation is 1. The van der Waals surface area contributed by atoms with E-state index in [1.807, 2.05) is 0 Å². The van der Waals surface area contributed by atoms with E-state index in [1.54, 1.807) is 17.2 Å². The van der Waals surface area contributed by atoms with Gasteiger partial charge in [-0.05, 0) is 37.3 Å². The van der Waals surface area contributed by atoms with Crippen LogP contribution >= 0.6 is 0 Å². The molecule has 0 aliphatic rings. The normalized spacial score (nSPS) is 11.3. The van der Waals surface area contributed by atoms with Crippen molar-refractivity contribution in [2.24, 2.45) is 0 Å². The highest BCUT2D eigenvalue weighted by atomic mass is 15.5. The Morgan fingerprint density at radius 3 is 2.65 bits per heavy atom. The SMILES string of the molecule is CCCCC/C=C/Cc1cccc(C)c1-n1nccn1. The minimum Gasteiger partial charge on any atom is -0.157 e. The van der Waals surface area contributed by atoms with Crippen molar-refractivity contribution in [3.63, 3.8) is 0 Å². The molecule has 0 fully saturated rings. The number of hydrogen-bond acceptors (Lipinski definition) is 2. The fraction of sp³-hybridized carbons (Fsp3) is 0.412. The van der Waals surface area contributed by atoms with Crippen LogP contribution in [0.3, 0.4) is 0 Å². The molecule has 0 N–H and O–H groups in total. The molecule has 106 valence electrons. The molecule has 0 aliphatic carbocycles. The summed E-state index contributed by atoms with van der Waals surface area (Å²) in [7, 11) is 0. The van der Waals surface area contributed by atoms with Gasteiger partial charge in [-0.3, -0.25) is 0 Å². The third-order valence-corrected chi connectivity index (χ3v) is 3.42. The van der Waals surface area contributed by atoms with E-state index in [9.17, 15) is 0 Å². The minimum absolute atomic E-state index is 0.935. The molecule has 3 nitrogen and oxygen atoms in total. The summed E-state index contributed by atoms with van der Waals surface area (Å²) in [6, 6.07) is 6.36. The Labute approximate surface area is 121 Å². The average Bonchev–Trinajstić information content (AvgIpc) is 2.96. The van der Waals surface area contributed by atoms with Crippen LogP contribution in [0.2, 0.25) is 0 Å². The van der Waals surface area contributed by atoms with Gasteiger partial charge in [0.05, 0.1) is 18.1 Å². The van der Waals surface area contributed by atoms with Crippen LogP contribution in [-0.4, -0.2) is 15.0 Å². The zero-order valence-corrected chi connectivity index (χ0v) is 12.4. The molecule has 3 heteroatoms. The summed E-state index contributed by atoms with van der Waals surface area (Å²) in [6.07, 6.45) is 14.0. The lowest BCUT2D eigenvalue weighted by molar-refractivity contribution is 0.727. The standard InChI is InChI=1S/C17H23N3/c1-3-4-5-6-7-8-11-16-12-9-10-15(2)17(16)20-18-13-14-19-20/h7-10,12-14H,3-6,11H2,1-2H3/b8-7+. The number of rotatable bonds is 7. The van der Waals surface area contributed by atoms with Gasteiger partial charge in [-0.15, -0.1) is 0 Å². The Hall–Kier alpha value is -1.90. The second kappa shape index (κ2) is 7.63. The molecule has 0 saturated heterocycles. The van der Waals surface area contributed by atoms with Crippen molar-refractivity contribution >= 4 is 0 Å². The number of hydrogen-bond donors (Lipinski definition) is 0. The van der Waals surface area contributed by atoms with Crippen LogP contribution in [-0.2, 0) is 6.42 Å². The number of nitrogens with zero attached hydrogens (tertiary/aromatic N) is 3. The molecule has 0 atom stereocenters. The Morgan fingerprint density at radius 1 is 1.10 bits per heavy atom.